The molecule has 1 aliphatic heterocycles. The van der Waals surface area contributed by atoms with Crippen LogP contribution < -0.4 is 0 Å². The smallest absolute Gasteiger partial charge is 0.196 e. The molecule has 1 N–H and O–H groups in total. The first-order chi connectivity index (χ1) is 8.75. The van der Waals surface area contributed by atoms with Gasteiger partial charge >= 0.3 is 0 Å². The van der Waals surface area contributed by atoms with Gasteiger partial charge in [0.15, 0.2) is 5.78 Å². The van der Waals surface area contributed by atoms with Gasteiger partial charge in [0.25, 0.3) is 0 Å². The van der Waals surface area contributed by atoms with Gasteiger partial charge in [-0.25, -0.2) is 0 Å². The highest BCUT2D eigenvalue weighted by molar-refractivity contribution is 6.31. The number of Topliss-reactive ketones (excluding diaryl/α,β-unsaturated/α-hetero) is 1. The molecule has 2 heterocycles. The molecule has 0 amide bonds. The Balaban J connectivity index is 1.96. The van der Waals surface area contributed by atoms with Crippen molar-refractivity contribution in [2.75, 3.05) is 19.8 Å². The maximum absolute atomic E-state index is 12.3. The van der Waals surface area contributed by atoms with E-state index in [9.17, 15) is 4.79 Å². The number of carbonyl (C=O) groups excluding carboxylic acids is 1. The van der Waals surface area contributed by atoms with Crippen LogP contribution in [0.25, 0.3) is 10.9 Å². The highest BCUT2D eigenvalue weighted by Crippen LogP contribution is 2.24. The lowest BCUT2D eigenvalue weighted by Gasteiger charge is -2.21. The van der Waals surface area contributed by atoms with Crippen LogP contribution in [0.3, 0.4) is 0 Å². The standard InChI is InChI=1S/C13H12ClNO3/c14-8-1-2-9-10(6-15-11(9)5-8)13(16)12-7-17-3-4-18-12/h1-2,5-6,12,15H,3-4,7H2. The van der Waals surface area contributed by atoms with Crippen molar-refractivity contribution in [2.45, 2.75) is 6.10 Å². The van der Waals surface area contributed by atoms with E-state index in [2.05, 4.69) is 4.98 Å². The van der Waals surface area contributed by atoms with Crippen LogP contribution in [0, 0.1) is 0 Å². The lowest BCUT2D eigenvalue weighted by atomic mass is 10.1. The van der Waals surface area contributed by atoms with E-state index in [4.69, 9.17) is 21.1 Å². The van der Waals surface area contributed by atoms with Crippen molar-refractivity contribution in [1.29, 1.82) is 0 Å². The molecular formula is C13H12ClNO3. The van der Waals surface area contributed by atoms with Crippen LogP contribution in [0.5, 0.6) is 0 Å². The maximum Gasteiger partial charge on any atom is 0.196 e. The zero-order chi connectivity index (χ0) is 12.5. The van der Waals surface area contributed by atoms with E-state index in [1.54, 1.807) is 18.3 Å². The number of carbonyl (C=O) groups is 1. The molecule has 4 nitrogen and oxygen atoms in total. The molecule has 18 heavy (non-hydrogen) atoms. The lowest BCUT2D eigenvalue weighted by molar-refractivity contribution is -0.0718. The minimum atomic E-state index is -0.506. The average Bonchev–Trinajstić information content (AvgIpc) is 2.81. The topological polar surface area (TPSA) is 51.3 Å². The summed E-state index contributed by atoms with van der Waals surface area (Å²) in [5.74, 6) is -0.0525. The summed E-state index contributed by atoms with van der Waals surface area (Å²) in [5.41, 5.74) is 1.47. The van der Waals surface area contributed by atoms with E-state index < -0.39 is 6.10 Å². The van der Waals surface area contributed by atoms with Gasteiger partial charge in [-0.15, -0.1) is 0 Å². The van der Waals surface area contributed by atoms with Crippen molar-refractivity contribution in [3.8, 4) is 0 Å². The molecule has 1 unspecified atom stereocenters. The molecule has 0 radical (unpaired) electrons. The lowest BCUT2D eigenvalue weighted by Crippen LogP contribution is -2.35. The monoisotopic (exact) mass is 265 g/mol. The molecule has 0 spiro atoms. The summed E-state index contributed by atoms with van der Waals surface area (Å²) in [4.78, 5) is 15.3. The van der Waals surface area contributed by atoms with Crippen LogP contribution in [0.1, 0.15) is 10.4 Å². The van der Waals surface area contributed by atoms with Crippen molar-refractivity contribution >= 4 is 28.3 Å². The quantitative estimate of drug-likeness (QED) is 0.849. The molecule has 5 heteroatoms. The van der Waals surface area contributed by atoms with E-state index in [0.717, 1.165) is 10.9 Å². The minimum Gasteiger partial charge on any atom is -0.376 e. The summed E-state index contributed by atoms with van der Waals surface area (Å²) >= 11 is 5.91. The molecule has 1 aromatic heterocycles. The van der Waals surface area contributed by atoms with E-state index >= 15 is 0 Å². The fraction of sp³-hybridized carbons (Fsp3) is 0.308. The summed E-state index contributed by atoms with van der Waals surface area (Å²) in [7, 11) is 0. The first-order valence-corrected chi connectivity index (χ1v) is 6.14. The number of fused-ring (bicyclic) bond motifs is 1. The van der Waals surface area contributed by atoms with Crippen LogP contribution in [0.15, 0.2) is 24.4 Å². The number of ether oxygens (including phenoxy) is 2. The first-order valence-electron chi connectivity index (χ1n) is 5.76. The molecule has 1 atom stereocenters. The van der Waals surface area contributed by atoms with Gasteiger partial charge in [-0.1, -0.05) is 17.7 Å². The number of rotatable bonds is 2. The second kappa shape index (κ2) is 4.72. The average molecular weight is 266 g/mol. The van der Waals surface area contributed by atoms with Crippen molar-refractivity contribution in [3.63, 3.8) is 0 Å². The van der Waals surface area contributed by atoms with Crippen LogP contribution >= 0.6 is 11.6 Å². The summed E-state index contributed by atoms with van der Waals surface area (Å²) in [6.45, 7) is 1.33. The van der Waals surface area contributed by atoms with Crippen LogP contribution in [-0.4, -0.2) is 36.7 Å². The van der Waals surface area contributed by atoms with E-state index in [1.807, 2.05) is 6.07 Å². The third kappa shape index (κ3) is 2.03. The predicted molar refractivity (Wildman–Crippen MR) is 68.2 cm³/mol. The Morgan fingerprint density at radius 1 is 1.39 bits per heavy atom. The Bertz CT molecular complexity index is 587. The molecule has 1 aliphatic rings. The number of benzene rings is 1. The third-order valence-corrected chi connectivity index (χ3v) is 3.25. The number of hydrogen-bond donors (Lipinski definition) is 1. The van der Waals surface area contributed by atoms with Gasteiger partial charge in [0.05, 0.1) is 19.8 Å². The number of aromatic amines is 1. The van der Waals surface area contributed by atoms with Crippen LogP contribution in [0.2, 0.25) is 5.02 Å². The Hall–Kier alpha value is -1.36. The molecule has 0 aliphatic carbocycles. The molecule has 94 valence electrons. The molecule has 1 aromatic carbocycles. The number of aromatic nitrogens is 1. The molecule has 0 saturated carbocycles. The van der Waals surface area contributed by atoms with Gasteiger partial charge in [-0.3, -0.25) is 4.79 Å². The summed E-state index contributed by atoms with van der Waals surface area (Å²) in [5, 5.41) is 1.50. The number of hydrogen-bond acceptors (Lipinski definition) is 3. The third-order valence-electron chi connectivity index (χ3n) is 3.02. The molecule has 1 fully saturated rings. The molecular weight excluding hydrogens is 254 g/mol. The van der Waals surface area contributed by atoms with Gasteiger partial charge in [0, 0.05) is 27.7 Å². The molecule has 2 aromatic rings. The van der Waals surface area contributed by atoms with E-state index in [0.29, 0.717) is 30.4 Å². The van der Waals surface area contributed by atoms with Gasteiger partial charge in [0.2, 0.25) is 0 Å². The fourth-order valence-electron chi connectivity index (χ4n) is 2.11. The number of ketones is 1. The van der Waals surface area contributed by atoms with Crippen LogP contribution in [-0.2, 0) is 9.47 Å². The summed E-state index contributed by atoms with van der Waals surface area (Å²) < 4.78 is 10.7. The van der Waals surface area contributed by atoms with Gasteiger partial charge in [-0.2, -0.15) is 0 Å². The molecule has 0 bridgehead atoms. The van der Waals surface area contributed by atoms with Crippen molar-refractivity contribution < 1.29 is 14.3 Å². The minimum absolute atomic E-state index is 0.0525. The highest BCUT2D eigenvalue weighted by atomic mass is 35.5. The zero-order valence-electron chi connectivity index (χ0n) is 9.61. The Kier molecular flexibility index (Phi) is 3.07. The Labute approximate surface area is 109 Å². The number of H-pyrrole nitrogens is 1. The molecule has 1 saturated heterocycles. The van der Waals surface area contributed by atoms with Gasteiger partial charge in [0.1, 0.15) is 6.10 Å². The SMILES string of the molecule is O=C(c1c[nH]c2cc(Cl)ccc12)C1COCCO1. The van der Waals surface area contributed by atoms with Gasteiger partial charge < -0.3 is 14.5 Å². The number of nitrogens with one attached hydrogen (secondary N) is 1. The Morgan fingerprint density at radius 3 is 3.06 bits per heavy atom. The largest absolute Gasteiger partial charge is 0.376 e. The van der Waals surface area contributed by atoms with Crippen molar-refractivity contribution in [3.05, 3.63) is 35.0 Å². The normalized spacial score (nSPS) is 20.2. The number of halogens is 1. The summed E-state index contributed by atoms with van der Waals surface area (Å²) in [6, 6.07) is 5.41. The Morgan fingerprint density at radius 2 is 2.28 bits per heavy atom. The second-order valence-electron chi connectivity index (χ2n) is 4.19. The second-order valence-corrected chi connectivity index (χ2v) is 4.63. The highest BCUT2D eigenvalue weighted by Gasteiger charge is 2.25. The van der Waals surface area contributed by atoms with Crippen molar-refractivity contribution in [2.24, 2.45) is 0 Å². The van der Waals surface area contributed by atoms with Crippen molar-refractivity contribution in [1.82, 2.24) is 4.98 Å². The first kappa shape index (κ1) is 11.7. The van der Waals surface area contributed by atoms with Gasteiger partial charge in [-0.05, 0) is 12.1 Å². The molecule has 3 rings (SSSR count). The summed E-state index contributed by atoms with van der Waals surface area (Å²) in [6.07, 6.45) is 1.19. The van der Waals surface area contributed by atoms with E-state index in [-0.39, 0.29) is 5.78 Å². The maximum atomic E-state index is 12.3. The fourth-order valence-corrected chi connectivity index (χ4v) is 2.29. The predicted octanol–water partition coefficient (Wildman–Crippen LogP) is 2.42. The van der Waals surface area contributed by atoms with E-state index in [1.165, 1.54) is 0 Å². The van der Waals surface area contributed by atoms with Crippen LogP contribution in [0.4, 0.5) is 0 Å². The zero-order valence-corrected chi connectivity index (χ0v) is 10.4.